The Bertz CT molecular complexity index is 1290. The molecule has 0 bridgehead atoms. The Morgan fingerprint density at radius 1 is 1.13 bits per heavy atom. The fourth-order valence-corrected chi connectivity index (χ4v) is 4.33. The van der Waals surface area contributed by atoms with Crippen molar-refractivity contribution >= 4 is 27.7 Å². The van der Waals surface area contributed by atoms with E-state index >= 15 is 0 Å². The molecule has 3 aromatic rings. The Morgan fingerprint density at radius 2 is 1.87 bits per heavy atom. The van der Waals surface area contributed by atoms with Gasteiger partial charge in [0.2, 0.25) is 5.90 Å². The van der Waals surface area contributed by atoms with E-state index in [1.54, 1.807) is 31.2 Å². The molecule has 0 radical (unpaired) electrons. The van der Waals surface area contributed by atoms with Gasteiger partial charge in [0.15, 0.2) is 5.54 Å². The Morgan fingerprint density at radius 3 is 2.58 bits per heavy atom. The number of amides is 1. The van der Waals surface area contributed by atoms with Gasteiger partial charge in [-0.25, -0.2) is 19.2 Å². The van der Waals surface area contributed by atoms with Crippen molar-refractivity contribution in [2.24, 2.45) is 4.99 Å². The van der Waals surface area contributed by atoms with Gasteiger partial charge in [-0.1, -0.05) is 28.1 Å². The van der Waals surface area contributed by atoms with Crippen LogP contribution in [0.4, 0.5) is 8.78 Å². The summed E-state index contributed by atoms with van der Waals surface area (Å²) in [7, 11) is 0. The van der Waals surface area contributed by atoms with E-state index in [0.29, 0.717) is 30.2 Å². The SMILES string of the molecule is C[C@@H]1OC(c2ccc(OCCCO)cc2)=N[C@]1(Cc1ccc(Br)cc1)C(=O)NNCc1cc(F)ccc1F. The van der Waals surface area contributed by atoms with Crippen molar-refractivity contribution < 1.29 is 28.2 Å². The summed E-state index contributed by atoms with van der Waals surface area (Å²) >= 11 is 3.42. The molecule has 0 saturated heterocycles. The van der Waals surface area contributed by atoms with E-state index in [9.17, 15) is 13.6 Å². The largest absolute Gasteiger partial charge is 0.494 e. The first-order valence-corrected chi connectivity index (χ1v) is 12.9. The molecule has 0 spiro atoms. The molecule has 1 aliphatic rings. The molecule has 0 fully saturated rings. The van der Waals surface area contributed by atoms with Crippen LogP contribution in [-0.2, 0) is 22.5 Å². The zero-order valence-electron chi connectivity index (χ0n) is 20.7. The number of rotatable bonds is 11. The molecule has 1 heterocycles. The van der Waals surface area contributed by atoms with Crippen LogP contribution in [0.5, 0.6) is 5.75 Å². The maximum absolute atomic E-state index is 14.0. The summed E-state index contributed by atoms with van der Waals surface area (Å²) < 4.78 is 40.1. The number of hydrogen-bond acceptors (Lipinski definition) is 6. The van der Waals surface area contributed by atoms with Crippen LogP contribution >= 0.6 is 15.9 Å². The zero-order valence-corrected chi connectivity index (χ0v) is 22.3. The van der Waals surface area contributed by atoms with E-state index in [0.717, 1.165) is 28.2 Å². The highest BCUT2D eigenvalue weighted by molar-refractivity contribution is 9.10. The highest BCUT2D eigenvalue weighted by Gasteiger charge is 2.50. The summed E-state index contributed by atoms with van der Waals surface area (Å²) in [5.74, 6) is -0.675. The van der Waals surface area contributed by atoms with Gasteiger partial charge in [-0.2, -0.15) is 0 Å². The third-order valence-corrected chi connectivity index (χ3v) is 6.73. The van der Waals surface area contributed by atoms with Crippen molar-refractivity contribution in [3.63, 3.8) is 0 Å². The Labute approximate surface area is 228 Å². The van der Waals surface area contributed by atoms with E-state index < -0.39 is 29.2 Å². The smallest absolute Gasteiger partial charge is 0.266 e. The molecule has 10 heteroatoms. The minimum atomic E-state index is -1.33. The van der Waals surface area contributed by atoms with Crippen LogP contribution in [-0.4, -0.2) is 41.8 Å². The van der Waals surface area contributed by atoms with E-state index in [1.807, 2.05) is 24.3 Å². The molecule has 0 aromatic heterocycles. The molecule has 3 N–H and O–H groups in total. The van der Waals surface area contributed by atoms with Crippen LogP contribution in [0, 0.1) is 11.6 Å². The number of carbonyl (C=O) groups is 1. The van der Waals surface area contributed by atoms with Gasteiger partial charge in [0.1, 0.15) is 23.5 Å². The predicted molar refractivity (Wildman–Crippen MR) is 143 cm³/mol. The molecule has 38 heavy (non-hydrogen) atoms. The number of aliphatic imine (C=N–C) groups is 1. The number of halogens is 3. The summed E-state index contributed by atoms with van der Waals surface area (Å²) in [4.78, 5) is 18.4. The van der Waals surface area contributed by atoms with Crippen molar-refractivity contribution in [2.45, 2.75) is 38.0 Å². The van der Waals surface area contributed by atoms with Gasteiger partial charge in [0.25, 0.3) is 5.91 Å². The lowest BCUT2D eigenvalue weighted by atomic mass is 9.86. The summed E-state index contributed by atoms with van der Waals surface area (Å²) in [5.41, 5.74) is 5.61. The number of ether oxygens (including phenoxy) is 2. The second-order valence-corrected chi connectivity index (χ2v) is 9.81. The van der Waals surface area contributed by atoms with Crippen molar-refractivity contribution in [3.8, 4) is 5.75 Å². The maximum Gasteiger partial charge on any atom is 0.266 e. The molecule has 0 aliphatic carbocycles. The highest BCUT2D eigenvalue weighted by Crippen LogP contribution is 2.33. The minimum Gasteiger partial charge on any atom is -0.494 e. The third kappa shape index (κ3) is 6.56. The zero-order chi connectivity index (χ0) is 27.1. The van der Waals surface area contributed by atoms with Crippen LogP contribution < -0.4 is 15.6 Å². The van der Waals surface area contributed by atoms with Crippen LogP contribution in [0.3, 0.4) is 0 Å². The maximum atomic E-state index is 14.0. The van der Waals surface area contributed by atoms with Crippen LogP contribution in [0.15, 0.2) is 76.2 Å². The molecule has 2 atom stereocenters. The molecule has 0 unspecified atom stereocenters. The van der Waals surface area contributed by atoms with E-state index in [-0.39, 0.29) is 25.1 Å². The van der Waals surface area contributed by atoms with Gasteiger partial charge in [-0.15, -0.1) is 0 Å². The Hall–Kier alpha value is -3.34. The first-order chi connectivity index (χ1) is 18.3. The molecule has 4 rings (SSSR count). The summed E-state index contributed by atoms with van der Waals surface area (Å²) in [5, 5.41) is 8.92. The Balaban J connectivity index is 1.56. The standard InChI is InChI=1S/C28H28BrF2N3O4/c1-18-28(16-19-3-7-22(29)8-4-19,27(36)34-32-17-21-15-23(30)9-12-25(21)31)33-26(38-18)20-5-10-24(11-6-20)37-14-2-13-35/h3-12,15,18,32,35H,2,13-14,16-17H2,1H3,(H,34,36)/t18-,28-/m0/s1. The van der Waals surface area contributed by atoms with Crippen molar-refractivity contribution in [2.75, 3.05) is 13.2 Å². The van der Waals surface area contributed by atoms with E-state index in [2.05, 4.69) is 26.8 Å². The minimum absolute atomic E-state index is 0.0508. The highest BCUT2D eigenvalue weighted by atomic mass is 79.9. The second kappa shape index (κ2) is 12.5. The third-order valence-electron chi connectivity index (χ3n) is 6.20. The fourth-order valence-electron chi connectivity index (χ4n) is 4.06. The lowest BCUT2D eigenvalue weighted by molar-refractivity contribution is -0.129. The van der Waals surface area contributed by atoms with Gasteiger partial charge in [0, 0.05) is 41.6 Å². The molecule has 7 nitrogen and oxygen atoms in total. The average Bonchev–Trinajstić information content (AvgIpc) is 3.24. The molecular weight excluding hydrogens is 560 g/mol. The van der Waals surface area contributed by atoms with Crippen LogP contribution in [0.25, 0.3) is 0 Å². The lowest BCUT2D eigenvalue weighted by Gasteiger charge is -2.28. The topological polar surface area (TPSA) is 92.2 Å². The van der Waals surface area contributed by atoms with Gasteiger partial charge in [0.05, 0.1) is 6.61 Å². The number of hydrogen-bond donors (Lipinski definition) is 3. The molecule has 0 saturated carbocycles. The molecule has 3 aromatic carbocycles. The Kier molecular flexibility index (Phi) is 9.09. The number of aliphatic hydroxyl groups is 1. The molecular formula is C28H28BrF2N3O4. The van der Waals surface area contributed by atoms with Gasteiger partial charge < -0.3 is 14.6 Å². The first kappa shape index (κ1) is 27.7. The van der Waals surface area contributed by atoms with Gasteiger partial charge in [-0.3, -0.25) is 10.2 Å². The van der Waals surface area contributed by atoms with Crippen LogP contribution in [0.2, 0.25) is 0 Å². The monoisotopic (exact) mass is 587 g/mol. The molecule has 200 valence electrons. The fraction of sp³-hybridized carbons (Fsp3) is 0.286. The number of nitrogens with one attached hydrogen (secondary N) is 2. The number of nitrogens with zero attached hydrogens (tertiary/aromatic N) is 1. The summed E-state index contributed by atoms with van der Waals surface area (Å²) in [6.07, 6.45) is 0.145. The number of aliphatic hydroxyl groups excluding tert-OH is 1. The quantitative estimate of drug-likeness (QED) is 0.228. The first-order valence-electron chi connectivity index (χ1n) is 12.1. The predicted octanol–water partition coefficient (Wildman–Crippen LogP) is 4.46. The van der Waals surface area contributed by atoms with Crippen molar-refractivity contribution in [3.05, 3.63) is 99.5 Å². The molecule has 1 aliphatic heterocycles. The van der Waals surface area contributed by atoms with Crippen molar-refractivity contribution in [1.29, 1.82) is 0 Å². The normalized spacial score (nSPS) is 18.6. The van der Waals surface area contributed by atoms with E-state index in [4.69, 9.17) is 19.6 Å². The van der Waals surface area contributed by atoms with Gasteiger partial charge >= 0.3 is 0 Å². The molecule has 1 amide bonds. The summed E-state index contributed by atoms with van der Waals surface area (Å²) in [6, 6.07) is 17.8. The lowest BCUT2D eigenvalue weighted by Crippen LogP contribution is -2.55. The number of carbonyl (C=O) groups excluding carboxylic acids is 1. The van der Waals surface area contributed by atoms with Crippen molar-refractivity contribution in [1.82, 2.24) is 10.9 Å². The van der Waals surface area contributed by atoms with Crippen LogP contribution in [0.1, 0.15) is 30.0 Å². The second-order valence-electron chi connectivity index (χ2n) is 8.90. The van der Waals surface area contributed by atoms with E-state index in [1.165, 1.54) is 0 Å². The number of hydrazine groups is 1. The average molecular weight is 588 g/mol. The summed E-state index contributed by atoms with van der Waals surface area (Å²) in [6.45, 7) is 2.10. The number of benzene rings is 3. The van der Waals surface area contributed by atoms with Gasteiger partial charge in [-0.05, 0) is 67.1 Å².